The van der Waals surface area contributed by atoms with E-state index in [2.05, 4.69) is 65.4 Å². The standard InChI is InChI=1S/C32H27NO3S/c34-31(33-37(35,36)28-14-5-2-6-15-28)23-20-24-18-21-27(22-19-24)32-29-16-8-7-12-26(29)13-9-17-30(32)25-10-3-1-4-11-25/h1-8,10-12,14-16,18-23H,9,13,17H2,(H,33,34)/b23-20+. The Kier molecular flexibility index (Phi) is 7.15. The van der Waals surface area contributed by atoms with Gasteiger partial charge in [0.15, 0.2) is 0 Å². The van der Waals surface area contributed by atoms with Crippen molar-refractivity contribution in [3.8, 4) is 0 Å². The van der Waals surface area contributed by atoms with Crippen molar-refractivity contribution in [1.82, 2.24) is 4.72 Å². The summed E-state index contributed by atoms with van der Waals surface area (Å²) in [4.78, 5) is 12.4. The van der Waals surface area contributed by atoms with Gasteiger partial charge in [0.05, 0.1) is 4.90 Å². The minimum atomic E-state index is -3.91. The van der Waals surface area contributed by atoms with E-state index in [1.54, 1.807) is 24.3 Å². The van der Waals surface area contributed by atoms with Gasteiger partial charge in [0.2, 0.25) is 0 Å². The predicted octanol–water partition coefficient (Wildman–Crippen LogP) is 6.50. The second kappa shape index (κ2) is 10.8. The van der Waals surface area contributed by atoms with Crippen LogP contribution in [0, 0.1) is 0 Å². The van der Waals surface area contributed by atoms with Gasteiger partial charge in [0.1, 0.15) is 0 Å². The number of carbonyl (C=O) groups is 1. The maximum atomic E-state index is 12.4. The van der Waals surface area contributed by atoms with E-state index in [0.717, 1.165) is 30.4 Å². The average molecular weight is 506 g/mol. The Morgan fingerprint density at radius 3 is 2.08 bits per heavy atom. The van der Waals surface area contributed by atoms with Crippen LogP contribution in [-0.2, 0) is 21.2 Å². The number of allylic oxidation sites excluding steroid dienone is 1. The SMILES string of the molecule is O=C(/C=C/c1ccc(C2=C(c3ccccc3)CCCc3ccccc32)cc1)NS(=O)(=O)c1ccccc1. The van der Waals surface area contributed by atoms with Gasteiger partial charge in [-0.25, -0.2) is 13.1 Å². The monoisotopic (exact) mass is 505 g/mol. The largest absolute Gasteiger partial charge is 0.269 e. The highest BCUT2D eigenvalue weighted by Crippen LogP contribution is 2.39. The van der Waals surface area contributed by atoms with Gasteiger partial charge < -0.3 is 0 Å². The molecule has 5 heteroatoms. The molecular formula is C32H27NO3S. The topological polar surface area (TPSA) is 63.2 Å². The molecule has 0 heterocycles. The molecular weight excluding hydrogens is 478 g/mol. The summed E-state index contributed by atoms with van der Waals surface area (Å²) in [6, 6.07) is 35.0. The van der Waals surface area contributed by atoms with Crippen LogP contribution in [0.2, 0.25) is 0 Å². The average Bonchev–Trinajstić information content (AvgIpc) is 3.13. The number of fused-ring (bicyclic) bond motifs is 1. The molecule has 1 N–H and O–H groups in total. The molecule has 37 heavy (non-hydrogen) atoms. The van der Waals surface area contributed by atoms with E-state index in [0.29, 0.717) is 0 Å². The highest BCUT2D eigenvalue weighted by atomic mass is 32.2. The summed E-state index contributed by atoms with van der Waals surface area (Å²) in [6.45, 7) is 0. The first kappa shape index (κ1) is 24.5. The molecule has 1 aliphatic rings. The van der Waals surface area contributed by atoms with Gasteiger partial charge in [0.25, 0.3) is 15.9 Å². The van der Waals surface area contributed by atoms with E-state index in [1.807, 2.05) is 18.2 Å². The Labute approximate surface area is 218 Å². The number of carbonyl (C=O) groups excluding carboxylic acids is 1. The van der Waals surface area contributed by atoms with Crippen molar-refractivity contribution >= 4 is 33.2 Å². The fourth-order valence-corrected chi connectivity index (χ4v) is 5.71. The molecule has 0 radical (unpaired) electrons. The van der Waals surface area contributed by atoms with Gasteiger partial charge >= 0.3 is 0 Å². The van der Waals surface area contributed by atoms with Crippen molar-refractivity contribution in [1.29, 1.82) is 0 Å². The molecule has 184 valence electrons. The Hall–Kier alpha value is -4.22. The summed E-state index contributed by atoms with van der Waals surface area (Å²) in [5.41, 5.74) is 8.33. The summed E-state index contributed by atoms with van der Waals surface area (Å²) < 4.78 is 26.8. The van der Waals surface area contributed by atoms with E-state index in [-0.39, 0.29) is 4.90 Å². The fourth-order valence-electron chi connectivity index (χ4n) is 4.74. The van der Waals surface area contributed by atoms with Crippen molar-refractivity contribution in [3.05, 3.63) is 143 Å². The lowest BCUT2D eigenvalue weighted by molar-refractivity contribution is -0.114. The van der Waals surface area contributed by atoms with E-state index in [4.69, 9.17) is 0 Å². The van der Waals surface area contributed by atoms with Gasteiger partial charge in [-0.3, -0.25) is 4.79 Å². The Morgan fingerprint density at radius 2 is 1.35 bits per heavy atom. The first-order valence-electron chi connectivity index (χ1n) is 12.3. The lowest BCUT2D eigenvalue weighted by atomic mass is 9.87. The van der Waals surface area contributed by atoms with Crippen LogP contribution in [0.15, 0.2) is 120 Å². The van der Waals surface area contributed by atoms with Gasteiger partial charge in [-0.05, 0) is 76.4 Å². The molecule has 4 nitrogen and oxygen atoms in total. The second-order valence-electron chi connectivity index (χ2n) is 8.97. The van der Waals surface area contributed by atoms with Crippen LogP contribution in [0.3, 0.4) is 0 Å². The molecule has 0 saturated carbocycles. The van der Waals surface area contributed by atoms with Crippen molar-refractivity contribution in [2.24, 2.45) is 0 Å². The van der Waals surface area contributed by atoms with Gasteiger partial charge in [-0.2, -0.15) is 0 Å². The summed E-state index contributed by atoms with van der Waals surface area (Å²) in [5, 5.41) is 0. The van der Waals surface area contributed by atoms with E-state index >= 15 is 0 Å². The van der Waals surface area contributed by atoms with Crippen molar-refractivity contribution < 1.29 is 13.2 Å². The maximum Gasteiger partial charge on any atom is 0.264 e. The van der Waals surface area contributed by atoms with Crippen LogP contribution in [0.25, 0.3) is 17.2 Å². The molecule has 1 aliphatic carbocycles. The summed E-state index contributed by atoms with van der Waals surface area (Å²) >= 11 is 0. The van der Waals surface area contributed by atoms with Gasteiger partial charge in [0, 0.05) is 6.08 Å². The van der Waals surface area contributed by atoms with E-state index < -0.39 is 15.9 Å². The number of hydrogen-bond donors (Lipinski definition) is 1. The summed E-state index contributed by atoms with van der Waals surface area (Å²) in [5.74, 6) is -0.695. The first-order chi connectivity index (χ1) is 18.0. The minimum absolute atomic E-state index is 0.0484. The number of nitrogens with one attached hydrogen (secondary N) is 1. The Balaban J connectivity index is 1.43. The molecule has 0 aliphatic heterocycles. The van der Waals surface area contributed by atoms with Crippen LogP contribution in [0.1, 0.15) is 40.7 Å². The molecule has 0 unspecified atom stereocenters. The highest BCUT2D eigenvalue weighted by Gasteiger charge is 2.20. The third-order valence-electron chi connectivity index (χ3n) is 6.50. The van der Waals surface area contributed by atoms with Crippen molar-refractivity contribution in [2.75, 3.05) is 0 Å². The molecule has 0 saturated heterocycles. The molecule has 4 aromatic rings. The minimum Gasteiger partial charge on any atom is -0.269 e. The van der Waals surface area contributed by atoms with E-state index in [1.165, 1.54) is 46.0 Å². The van der Waals surface area contributed by atoms with Crippen LogP contribution in [-0.4, -0.2) is 14.3 Å². The fraction of sp³-hybridized carbons (Fsp3) is 0.0938. The Morgan fingerprint density at radius 1 is 0.703 bits per heavy atom. The summed E-state index contributed by atoms with van der Waals surface area (Å²) in [6.07, 6.45) is 5.98. The summed E-state index contributed by atoms with van der Waals surface area (Å²) in [7, 11) is -3.91. The van der Waals surface area contributed by atoms with Crippen LogP contribution in [0.5, 0.6) is 0 Å². The quantitative estimate of drug-likeness (QED) is 0.304. The van der Waals surface area contributed by atoms with Gasteiger partial charge in [-0.15, -0.1) is 0 Å². The number of benzene rings is 4. The highest BCUT2D eigenvalue weighted by molar-refractivity contribution is 7.90. The molecule has 0 spiro atoms. The molecule has 0 aromatic heterocycles. The number of aryl methyl sites for hydroxylation is 1. The molecule has 4 aromatic carbocycles. The Bertz CT molecular complexity index is 1570. The molecule has 1 amide bonds. The van der Waals surface area contributed by atoms with Crippen LogP contribution in [0.4, 0.5) is 0 Å². The van der Waals surface area contributed by atoms with Crippen LogP contribution >= 0.6 is 0 Å². The number of sulfonamides is 1. The maximum absolute atomic E-state index is 12.4. The zero-order valence-electron chi connectivity index (χ0n) is 20.3. The predicted molar refractivity (Wildman–Crippen MR) is 149 cm³/mol. The normalized spacial score (nSPS) is 13.7. The molecule has 0 atom stereocenters. The van der Waals surface area contributed by atoms with Crippen molar-refractivity contribution in [2.45, 2.75) is 24.2 Å². The first-order valence-corrected chi connectivity index (χ1v) is 13.8. The number of hydrogen-bond acceptors (Lipinski definition) is 3. The van der Waals surface area contributed by atoms with E-state index in [9.17, 15) is 13.2 Å². The third-order valence-corrected chi connectivity index (χ3v) is 7.86. The zero-order valence-corrected chi connectivity index (χ0v) is 21.1. The lowest BCUT2D eigenvalue weighted by Crippen LogP contribution is -2.28. The number of rotatable bonds is 6. The number of amides is 1. The van der Waals surface area contributed by atoms with Gasteiger partial charge in [-0.1, -0.05) is 97.1 Å². The second-order valence-corrected chi connectivity index (χ2v) is 10.7. The van der Waals surface area contributed by atoms with Crippen molar-refractivity contribution in [3.63, 3.8) is 0 Å². The molecule has 5 rings (SSSR count). The van der Waals surface area contributed by atoms with Crippen LogP contribution < -0.4 is 4.72 Å². The lowest BCUT2D eigenvalue weighted by Gasteiger charge is -2.16. The molecule has 0 fully saturated rings. The smallest absolute Gasteiger partial charge is 0.264 e. The zero-order chi connectivity index (χ0) is 25.7. The third kappa shape index (κ3) is 5.63. The molecule has 0 bridgehead atoms.